The van der Waals surface area contributed by atoms with E-state index in [1.54, 1.807) is 12.3 Å². The van der Waals surface area contributed by atoms with Crippen molar-refractivity contribution in [1.29, 1.82) is 0 Å². The van der Waals surface area contributed by atoms with Crippen molar-refractivity contribution in [3.8, 4) is 0 Å². The highest BCUT2D eigenvalue weighted by Gasteiger charge is 2.52. The van der Waals surface area contributed by atoms with Crippen LogP contribution in [0.2, 0.25) is 0 Å². The van der Waals surface area contributed by atoms with E-state index >= 15 is 0 Å². The number of thiol groups is 1. The first-order valence-corrected chi connectivity index (χ1v) is 7.23. The summed E-state index contributed by atoms with van der Waals surface area (Å²) in [6.07, 6.45) is 4.50. The molecule has 0 amide bonds. The minimum Gasteiger partial charge on any atom is -0.400 e. The fraction of sp³-hybridized carbons (Fsp3) is 0.500. The molecule has 0 radical (unpaired) electrons. The Balaban J connectivity index is 2.23. The number of carbonyl (C=O) groups is 1. The Kier molecular flexibility index (Phi) is 4.18. The van der Waals surface area contributed by atoms with Gasteiger partial charge in [0.1, 0.15) is 0 Å². The Bertz CT molecular complexity index is 520. The van der Waals surface area contributed by atoms with E-state index < -0.39 is 7.12 Å². The molecule has 1 saturated heterocycles. The standard InChI is InChI=1S/C14H20BNO3S/c1-13(2)14(3,4)19-15(18-13)11(9-20)5-10-6-12(8-17)16-7-10/h5-8,16,20H,9H2,1-4H3. The number of nitrogens with one attached hydrogen (secondary N) is 1. The summed E-state index contributed by atoms with van der Waals surface area (Å²) in [4.78, 5) is 13.6. The van der Waals surface area contributed by atoms with Crippen molar-refractivity contribution in [3.63, 3.8) is 0 Å². The molecule has 0 unspecified atom stereocenters. The van der Waals surface area contributed by atoms with Crippen LogP contribution in [0.1, 0.15) is 43.7 Å². The van der Waals surface area contributed by atoms with Gasteiger partial charge < -0.3 is 14.3 Å². The van der Waals surface area contributed by atoms with Gasteiger partial charge in [0, 0.05) is 11.9 Å². The summed E-state index contributed by atoms with van der Waals surface area (Å²) >= 11 is 4.36. The fourth-order valence-corrected chi connectivity index (χ4v) is 2.22. The van der Waals surface area contributed by atoms with Gasteiger partial charge in [-0.15, -0.1) is 0 Å². The predicted molar refractivity (Wildman–Crippen MR) is 84.1 cm³/mol. The van der Waals surface area contributed by atoms with E-state index in [0.717, 1.165) is 17.3 Å². The van der Waals surface area contributed by atoms with E-state index in [2.05, 4.69) is 17.6 Å². The second kappa shape index (κ2) is 5.43. The van der Waals surface area contributed by atoms with Gasteiger partial charge in [-0.2, -0.15) is 12.6 Å². The lowest BCUT2D eigenvalue weighted by molar-refractivity contribution is 0.00578. The fourth-order valence-electron chi connectivity index (χ4n) is 1.98. The minimum absolute atomic E-state index is 0.369. The molecule has 0 aliphatic carbocycles. The van der Waals surface area contributed by atoms with E-state index in [0.29, 0.717) is 11.4 Å². The third kappa shape index (κ3) is 2.87. The van der Waals surface area contributed by atoms with E-state index in [1.165, 1.54) is 0 Å². The van der Waals surface area contributed by atoms with Crippen molar-refractivity contribution in [2.45, 2.75) is 38.9 Å². The van der Waals surface area contributed by atoms with Crippen LogP contribution in [-0.2, 0) is 9.31 Å². The first-order chi connectivity index (χ1) is 9.29. The Morgan fingerprint density at radius 2 is 1.95 bits per heavy atom. The lowest BCUT2D eigenvalue weighted by Crippen LogP contribution is -2.41. The molecular formula is C14H20BNO3S. The number of aromatic nitrogens is 1. The van der Waals surface area contributed by atoms with Crippen molar-refractivity contribution in [1.82, 2.24) is 4.98 Å². The number of carbonyl (C=O) groups excluding carboxylic acids is 1. The van der Waals surface area contributed by atoms with Crippen LogP contribution in [0.15, 0.2) is 17.7 Å². The van der Waals surface area contributed by atoms with Crippen LogP contribution in [0.4, 0.5) is 0 Å². The molecular weight excluding hydrogens is 273 g/mol. The Morgan fingerprint density at radius 3 is 2.40 bits per heavy atom. The summed E-state index contributed by atoms with van der Waals surface area (Å²) < 4.78 is 12.0. The molecule has 2 rings (SSSR count). The Labute approximate surface area is 125 Å². The summed E-state index contributed by atoms with van der Waals surface area (Å²) in [5, 5.41) is 0. The Hall–Kier alpha value is -0.975. The van der Waals surface area contributed by atoms with Crippen molar-refractivity contribution in [2.24, 2.45) is 0 Å². The molecule has 1 N–H and O–H groups in total. The van der Waals surface area contributed by atoms with E-state index in [9.17, 15) is 4.79 Å². The molecule has 6 heteroatoms. The number of aromatic amines is 1. The topological polar surface area (TPSA) is 51.3 Å². The normalized spacial score (nSPS) is 21.2. The first kappa shape index (κ1) is 15.4. The summed E-state index contributed by atoms with van der Waals surface area (Å²) in [7, 11) is -0.410. The van der Waals surface area contributed by atoms with Gasteiger partial charge in [-0.05, 0) is 44.8 Å². The number of hydrogen-bond donors (Lipinski definition) is 2. The second-order valence-electron chi connectivity index (χ2n) is 5.97. The minimum atomic E-state index is -0.410. The van der Waals surface area contributed by atoms with E-state index in [-0.39, 0.29) is 11.2 Å². The maximum absolute atomic E-state index is 10.7. The van der Waals surface area contributed by atoms with Crippen LogP contribution in [0.3, 0.4) is 0 Å². The van der Waals surface area contributed by atoms with Gasteiger partial charge in [-0.3, -0.25) is 4.79 Å². The maximum atomic E-state index is 10.7. The molecule has 4 nitrogen and oxygen atoms in total. The van der Waals surface area contributed by atoms with Crippen LogP contribution in [0, 0.1) is 0 Å². The summed E-state index contributed by atoms with van der Waals surface area (Å²) in [6, 6.07) is 1.78. The van der Waals surface area contributed by atoms with Gasteiger partial charge in [0.2, 0.25) is 0 Å². The average molecular weight is 293 g/mol. The predicted octanol–water partition coefficient (Wildman–Crippen LogP) is 2.77. The molecule has 0 aromatic carbocycles. The van der Waals surface area contributed by atoms with Crippen LogP contribution in [0.25, 0.3) is 6.08 Å². The van der Waals surface area contributed by atoms with Gasteiger partial charge in [-0.25, -0.2) is 0 Å². The van der Waals surface area contributed by atoms with Crippen LogP contribution < -0.4 is 0 Å². The van der Waals surface area contributed by atoms with Crippen molar-refractivity contribution < 1.29 is 14.1 Å². The lowest BCUT2D eigenvalue weighted by atomic mass is 9.78. The first-order valence-electron chi connectivity index (χ1n) is 6.59. The van der Waals surface area contributed by atoms with Gasteiger partial charge in [0.15, 0.2) is 6.29 Å². The summed E-state index contributed by atoms with van der Waals surface area (Å²) in [6.45, 7) is 8.07. The highest BCUT2D eigenvalue weighted by atomic mass is 32.1. The molecule has 1 aromatic heterocycles. The third-order valence-corrected chi connectivity index (χ3v) is 4.31. The molecule has 0 bridgehead atoms. The zero-order chi connectivity index (χ0) is 15.0. The van der Waals surface area contributed by atoms with Crippen LogP contribution in [0.5, 0.6) is 0 Å². The maximum Gasteiger partial charge on any atom is 0.491 e. The largest absolute Gasteiger partial charge is 0.491 e. The van der Waals surface area contributed by atoms with Crippen molar-refractivity contribution in [2.75, 3.05) is 5.75 Å². The van der Waals surface area contributed by atoms with Gasteiger partial charge >= 0.3 is 7.12 Å². The zero-order valence-corrected chi connectivity index (χ0v) is 13.2. The van der Waals surface area contributed by atoms with Gasteiger partial charge in [0.05, 0.1) is 16.9 Å². The van der Waals surface area contributed by atoms with E-state index in [1.807, 2.05) is 33.8 Å². The summed E-state index contributed by atoms with van der Waals surface area (Å²) in [5.74, 6) is 0.526. The Morgan fingerprint density at radius 1 is 1.35 bits per heavy atom. The number of rotatable bonds is 4. The SMILES string of the molecule is CC1(C)OB(C(=Cc2c[nH]c(C=O)c2)CS)OC1(C)C. The molecule has 1 aliphatic rings. The van der Waals surface area contributed by atoms with Crippen LogP contribution >= 0.6 is 12.6 Å². The summed E-state index contributed by atoms with van der Waals surface area (Å²) in [5.41, 5.74) is 1.65. The van der Waals surface area contributed by atoms with E-state index in [4.69, 9.17) is 9.31 Å². The molecule has 0 atom stereocenters. The second-order valence-corrected chi connectivity index (χ2v) is 6.29. The molecule has 0 saturated carbocycles. The number of hydrogen-bond acceptors (Lipinski definition) is 4. The highest BCUT2D eigenvalue weighted by molar-refractivity contribution is 7.80. The lowest BCUT2D eigenvalue weighted by Gasteiger charge is -2.32. The zero-order valence-electron chi connectivity index (χ0n) is 12.3. The number of H-pyrrole nitrogens is 1. The highest BCUT2D eigenvalue weighted by Crippen LogP contribution is 2.38. The molecule has 1 fully saturated rings. The molecule has 108 valence electrons. The van der Waals surface area contributed by atoms with Gasteiger partial charge in [0.25, 0.3) is 0 Å². The average Bonchev–Trinajstić information content (AvgIpc) is 2.89. The van der Waals surface area contributed by atoms with Crippen molar-refractivity contribution in [3.05, 3.63) is 29.0 Å². The molecule has 20 heavy (non-hydrogen) atoms. The third-order valence-electron chi connectivity index (χ3n) is 3.95. The monoisotopic (exact) mass is 293 g/mol. The molecule has 0 spiro atoms. The molecule has 1 aromatic rings. The quantitative estimate of drug-likeness (QED) is 0.510. The van der Waals surface area contributed by atoms with Crippen LogP contribution in [-0.4, -0.2) is 35.3 Å². The van der Waals surface area contributed by atoms with Crippen molar-refractivity contribution >= 4 is 32.1 Å². The molecule has 1 aliphatic heterocycles. The van der Waals surface area contributed by atoms with Gasteiger partial charge in [-0.1, -0.05) is 6.08 Å². The number of aldehydes is 1. The smallest absolute Gasteiger partial charge is 0.400 e. The molecule has 2 heterocycles.